The smallest absolute Gasteiger partial charge is 0.343 e. The number of hydrogen-bond donors (Lipinski definition) is 1. The molecule has 5 nitrogen and oxygen atoms in total. The Morgan fingerprint density at radius 3 is 2.58 bits per heavy atom. The zero-order chi connectivity index (χ0) is 17.5. The van der Waals surface area contributed by atoms with Crippen molar-refractivity contribution in [3.8, 4) is 11.5 Å². The van der Waals surface area contributed by atoms with Crippen LogP contribution in [-0.2, 0) is 0 Å². The van der Waals surface area contributed by atoms with Crippen LogP contribution in [0.5, 0.6) is 11.5 Å². The van der Waals surface area contributed by atoms with Gasteiger partial charge >= 0.3 is 11.9 Å². The number of hydrogen-bond acceptors (Lipinski definition) is 4. The molecule has 0 radical (unpaired) electrons. The van der Waals surface area contributed by atoms with Crippen LogP contribution in [0, 0.1) is 0 Å². The van der Waals surface area contributed by atoms with Crippen molar-refractivity contribution < 1.29 is 24.2 Å². The molecule has 2 aromatic rings. The fourth-order valence-electron chi connectivity index (χ4n) is 1.92. The van der Waals surface area contributed by atoms with E-state index in [1.807, 2.05) is 0 Å². The first-order valence-electron chi connectivity index (χ1n) is 7.49. The van der Waals surface area contributed by atoms with Gasteiger partial charge in [-0.15, -0.1) is 0 Å². The Labute approximate surface area is 148 Å². The predicted octanol–water partition coefficient (Wildman–Crippen LogP) is 4.55. The maximum absolute atomic E-state index is 12.3. The van der Waals surface area contributed by atoms with Crippen molar-refractivity contribution in [2.75, 3.05) is 6.61 Å². The number of aromatic carboxylic acids is 1. The highest BCUT2D eigenvalue weighted by atomic mass is 79.9. The molecule has 0 aliphatic rings. The summed E-state index contributed by atoms with van der Waals surface area (Å²) < 4.78 is 11.3. The number of unbranched alkanes of at least 4 members (excludes halogenated alkanes) is 1. The number of carbonyl (C=O) groups excluding carboxylic acids is 1. The molecule has 126 valence electrons. The molecule has 2 aromatic carbocycles. The maximum atomic E-state index is 12.3. The summed E-state index contributed by atoms with van der Waals surface area (Å²) in [6.45, 7) is 2.67. The van der Waals surface area contributed by atoms with E-state index in [1.165, 1.54) is 18.2 Å². The first-order chi connectivity index (χ1) is 11.5. The molecule has 0 bridgehead atoms. The van der Waals surface area contributed by atoms with Crippen LogP contribution in [0.25, 0.3) is 0 Å². The molecule has 2 rings (SSSR count). The Kier molecular flexibility index (Phi) is 6.37. The van der Waals surface area contributed by atoms with E-state index in [9.17, 15) is 9.59 Å². The third kappa shape index (κ3) is 4.83. The molecule has 24 heavy (non-hydrogen) atoms. The third-order valence-electron chi connectivity index (χ3n) is 3.22. The SMILES string of the molecule is CCCCOc1cccc(C(=O)Oc2ccc(C(=O)O)cc2Br)c1. The van der Waals surface area contributed by atoms with Crippen LogP contribution in [0.2, 0.25) is 0 Å². The second-order valence-electron chi connectivity index (χ2n) is 5.07. The quantitative estimate of drug-likeness (QED) is 0.425. The molecule has 0 saturated carbocycles. The first kappa shape index (κ1) is 18.0. The molecule has 1 N–H and O–H groups in total. The lowest BCUT2D eigenvalue weighted by Gasteiger charge is -2.09. The minimum atomic E-state index is -1.05. The van der Waals surface area contributed by atoms with Crippen molar-refractivity contribution in [1.82, 2.24) is 0 Å². The number of carboxylic acid groups (broad SMARTS) is 1. The van der Waals surface area contributed by atoms with E-state index < -0.39 is 11.9 Å². The lowest BCUT2D eigenvalue weighted by Crippen LogP contribution is -2.09. The van der Waals surface area contributed by atoms with Gasteiger partial charge in [0.25, 0.3) is 0 Å². The molecule has 0 saturated heterocycles. The highest BCUT2D eigenvalue weighted by molar-refractivity contribution is 9.10. The van der Waals surface area contributed by atoms with Crippen LogP contribution in [-0.4, -0.2) is 23.7 Å². The van der Waals surface area contributed by atoms with E-state index in [4.69, 9.17) is 14.6 Å². The highest BCUT2D eigenvalue weighted by Crippen LogP contribution is 2.27. The Morgan fingerprint density at radius 2 is 1.92 bits per heavy atom. The van der Waals surface area contributed by atoms with E-state index in [0.29, 0.717) is 22.4 Å². The number of carboxylic acids is 1. The lowest BCUT2D eigenvalue weighted by molar-refractivity contribution is 0.0696. The second-order valence-corrected chi connectivity index (χ2v) is 5.92. The molecule has 0 fully saturated rings. The van der Waals surface area contributed by atoms with Gasteiger partial charge in [0, 0.05) is 0 Å². The molecule has 0 unspecified atom stereocenters. The van der Waals surface area contributed by atoms with Gasteiger partial charge in [-0.1, -0.05) is 19.4 Å². The van der Waals surface area contributed by atoms with Crippen LogP contribution in [0.1, 0.15) is 40.5 Å². The van der Waals surface area contributed by atoms with Gasteiger partial charge in [-0.3, -0.25) is 0 Å². The van der Waals surface area contributed by atoms with Gasteiger partial charge in [-0.05, 0) is 58.7 Å². The van der Waals surface area contributed by atoms with Crippen LogP contribution in [0.3, 0.4) is 0 Å². The Morgan fingerprint density at radius 1 is 1.12 bits per heavy atom. The van der Waals surface area contributed by atoms with Crippen LogP contribution >= 0.6 is 15.9 Å². The van der Waals surface area contributed by atoms with Crippen molar-refractivity contribution in [1.29, 1.82) is 0 Å². The molecular formula is C18H17BrO5. The summed E-state index contributed by atoms with van der Waals surface area (Å²) in [5.41, 5.74) is 0.464. The molecule has 0 spiro atoms. The largest absolute Gasteiger partial charge is 0.494 e. The molecule has 0 aliphatic heterocycles. The van der Waals surface area contributed by atoms with Gasteiger partial charge in [0.1, 0.15) is 11.5 Å². The van der Waals surface area contributed by atoms with Gasteiger partial charge in [0.05, 0.1) is 22.2 Å². The predicted molar refractivity (Wildman–Crippen MR) is 92.9 cm³/mol. The standard InChI is InChI=1S/C18H17BrO5/c1-2-3-9-23-14-6-4-5-13(10-14)18(22)24-16-8-7-12(17(20)21)11-15(16)19/h4-8,10-11H,2-3,9H2,1H3,(H,20,21). The van der Waals surface area contributed by atoms with Crippen LogP contribution in [0.4, 0.5) is 0 Å². The molecule has 0 aliphatic carbocycles. The van der Waals surface area contributed by atoms with E-state index in [2.05, 4.69) is 22.9 Å². The summed E-state index contributed by atoms with van der Waals surface area (Å²) in [5.74, 6) is -0.731. The summed E-state index contributed by atoms with van der Waals surface area (Å²) in [6, 6.07) is 11.0. The van der Waals surface area contributed by atoms with Crippen LogP contribution < -0.4 is 9.47 Å². The third-order valence-corrected chi connectivity index (χ3v) is 3.84. The number of benzene rings is 2. The number of rotatable bonds is 7. The fourth-order valence-corrected chi connectivity index (χ4v) is 2.38. The zero-order valence-electron chi connectivity index (χ0n) is 13.1. The summed E-state index contributed by atoms with van der Waals surface area (Å²) in [4.78, 5) is 23.2. The Balaban J connectivity index is 2.09. The average Bonchev–Trinajstić information content (AvgIpc) is 2.57. The minimum absolute atomic E-state index is 0.105. The van der Waals surface area contributed by atoms with E-state index in [-0.39, 0.29) is 11.3 Å². The van der Waals surface area contributed by atoms with Crippen molar-refractivity contribution in [3.05, 3.63) is 58.1 Å². The van der Waals surface area contributed by atoms with Gasteiger partial charge < -0.3 is 14.6 Å². The van der Waals surface area contributed by atoms with Crippen molar-refractivity contribution >= 4 is 27.9 Å². The minimum Gasteiger partial charge on any atom is -0.494 e. The summed E-state index contributed by atoms with van der Waals surface area (Å²) in [6.07, 6.45) is 1.97. The highest BCUT2D eigenvalue weighted by Gasteiger charge is 2.13. The normalized spacial score (nSPS) is 10.2. The fraction of sp³-hybridized carbons (Fsp3) is 0.222. The lowest BCUT2D eigenvalue weighted by atomic mass is 10.2. The zero-order valence-corrected chi connectivity index (χ0v) is 14.7. The molecule has 0 atom stereocenters. The maximum Gasteiger partial charge on any atom is 0.343 e. The van der Waals surface area contributed by atoms with Gasteiger partial charge in [-0.25, -0.2) is 9.59 Å². The first-order valence-corrected chi connectivity index (χ1v) is 8.28. The van der Waals surface area contributed by atoms with Crippen molar-refractivity contribution in [2.24, 2.45) is 0 Å². The van der Waals surface area contributed by atoms with Crippen LogP contribution in [0.15, 0.2) is 46.9 Å². The molecular weight excluding hydrogens is 376 g/mol. The van der Waals surface area contributed by atoms with Gasteiger partial charge in [0.2, 0.25) is 0 Å². The Hall–Kier alpha value is -2.34. The second kappa shape index (κ2) is 8.49. The number of ether oxygens (including phenoxy) is 2. The molecule has 0 heterocycles. The van der Waals surface area contributed by atoms with E-state index in [1.54, 1.807) is 24.3 Å². The monoisotopic (exact) mass is 392 g/mol. The molecule has 6 heteroatoms. The number of halogens is 1. The van der Waals surface area contributed by atoms with Crippen molar-refractivity contribution in [3.63, 3.8) is 0 Å². The van der Waals surface area contributed by atoms with Crippen molar-refractivity contribution in [2.45, 2.75) is 19.8 Å². The van der Waals surface area contributed by atoms with E-state index >= 15 is 0 Å². The van der Waals surface area contributed by atoms with Gasteiger partial charge in [-0.2, -0.15) is 0 Å². The average molecular weight is 393 g/mol. The molecule has 0 aromatic heterocycles. The summed E-state index contributed by atoms with van der Waals surface area (Å²) in [5, 5.41) is 8.94. The van der Waals surface area contributed by atoms with Gasteiger partial charge in [0.15, 0.2) is 0 Å². The number of carbonyl (C=O) groups is 2. The summed E-state index contributed by atoms with van der Waals surface area (Å²) >= 11 is 3.21. The summed E-state index contributed by atoms with van der Waals surface area (Å²) in [7, 11) is 0. The molecule has 0 amide bonds. The Bertz CT molecular complexity index is 742. The topological polar surface area (TPSA) is 72.8 Å². The van der Waals surface area contributed by atoms with E-state index in [0.717, 1.165) is 12.8 Å². The number of esters is 1.